The van der Waals surface area contributed by atoms with Crippen LogP contribution in [-0.4, -0.2) is 24.3 Å². The van der Waals surface area contributed by atoms with Gasteiger partial charge in [-0.1, -0.05) is 62.2 Å². The topological polar surface area (TPSA) is 74.1 Å². The number of halogens is 4. The van der Waals surface area contributed by atoms with Gasteiger partial charge in [-0.05, 0) is 48.1 Å². The summed E-state index contributed by atoms with van der Waals surface area (Å²) < 4.78 is 60.4. The Labute approximate surface area is 225 Å². The number of hydrogen-bond acceptors (Lipinski definition) is 4. The van der Waals surface area contributed by atoms with Crippen LogP contribution in [0.2, 0.25) is 10.0 Å². The van der Waals surface area contributed by atoms with E-state index >= 15 is 8.78 Å². The molecule has 0 spiro atoms. The molecular formula is C27H25Cl2F2N3O2S. The third kappa shape index (κ3) is 4.86. The van der Waals surface area contributed by atoms with Crippen molar-refractivity contribution in [1.82, 2.24) is 9.29 Å². The lowest BCUT2D eigenvalue weighted by atomic mass is 9.63. The Hall–Kier alpha value is -2.57. The van der Waals surface area contributed by atoms with Crippen molar-refractivity contribution in [2.75, 3.05) is 6.54 Å². The zero-order valence-corrected chi connectivity index (χ0v) is 22.7. The van der Waals surface area contributed by atoms with Crippen molar-refractivity contribution in [3.63, 3.8) is 0 Å². The Kier molecular flexibility index (Phi) is 7.39. The number of sulfonamides is 1. The van der Waals surface area contributed by atoms with Gasteiger partial charge in [0.1, 0.15) is 21.9 Å². The highest BCUT2D eigenvalue weighted by atomic mass is 35.5. The van der Waals surface area contributed by atoms with Gasteiger partial charge in [0.25, 0.3) is 0 Å². The third-order valence-corrected chi connectivity index (χ3v) is 9.04. The van der Waals surface area contributed by atoms with Crippen LogP contribution in [0.5, 0.6) is 0 Å². The van der Waals surface area contributed by atoms with Crippen molar-refractivity contribution in [2.24, 2.45) is 11.3 Å². The molecular weight excluding hydrogens is 539 g/mol. The molecule has 1 aliphatic heterocycles. The highest BCUT2D eigenvalue weighted by Gasteiger charge is 2.61. The molecule has 0 saturated carbocycles. The number of hydrogen-bond donors (Lipinski definition) is 0. The summed E-state index contributed by atoms with van der Waals surface area (Å²) in [7, 11) is -4.30. The van der Waals surface area contributed by atoms with Crippen LogP contribution in [0.4, 0.5) is 8.78 Å². The summed E-state index contributed by atoms with van der Waals surface area (Å²) in [6, 6.07) is 11.8. The molecule has 1 aliphatic rings. The predicted molar refractivity (Wildman–Crippen MR) is 139 cm³/mol. The minimum atomic E-state index is -4.30. The summed E-state index contributed by atoms with van der Waals surface area (Å²) in [5, 5.41) is 10.7. The van der Waals surface area contributed by atoms with E-state index in [0.29, 0.717) is 6.42 Å². The minimum absolute atomic E-state index is 0.0538. The van der Waals surface area contributed by atoms with E-state index in [1.807, 2.05) is 20.8 Å². The molecule has 2 aromatic carbocycles. The molecule has 1 aromatic heterocycles. The molecule has 3 aromatic rings. The van der Waals surface area contributed by atoms with Crippen molar-refractivity contribution in [2.45, 2.75) is 43.5 Å². The molecule has 5 nitrogen and oxygen atoms in total. The van der Waals surface area contributed by atoms with Gasteiger partial charge in [-0.3, -0.25) is 4.98 Å². The highest BCUT2D eigenvalue weighted by Crippen LogP contribution is 2.57. The smallest absolute Gasteiger partial charge is 0.245 e. The van der Waals surface area contributed by atoms with Crippen LogP contribution >= 0.6 is 23.2 Å². The number of nitrogens with zero attached hydrogens (tertiary/aromatic N) is 3. The Morgan fingerprint density at radius 1 is 1.16 bits per heavy atom. The fourth-order valence-corrected chi connectivity index (χ4v) is 7.28. The largest absolute Gasteiger partial charge is 0.263 e. The fraction of sp³-hybridized carbons (Fsp3) is 0.333. The lowest BCUT2D eigenvalue weighted by Crippen LogP contribution is -2.41. The first-order chi connectivity index (χ1) is 17.3. The third-order valence-electron chi connectivity index (χ3n) is 6.70. The molecule has 0 aliphatic carbocycles. The summed E-state index contributed by atoms with van der Waals surface area (Å²) in [5.41, 5.74) is -2.35. The van der Waals surface area contributed by atoms with Gasteiger partial charge < -0.3 is 0 Å². The molecule has 1 fully saturated rings. The van der Waals surface area contributed by atoms with Crippen molar-refractivity contribution in [3.05, 3.63) is 93.7 Å². The van der Waals surface area contributed by atoms with Crippen LogP contribution in [-0.2, 0) is 15.4 Å². The maximum Gasteiger partial charge on any atom is 0.245 e. The van der Waals surface area contributed by atoms with Gasteiger partial charge >= 0.3 is 0 Å². The molecule has 3 atom stereocenters. The fourth-order valence-electron chi connectivity index (χ4n) is 5.29. The lowest BCUT2D eigenvalue weighted by Gasteiger charge is -2.38. The normalized spacial score (nSPS) is 22.6. The van der Waals surface area contributed by atoms with Gasteiger partial charge in [-0.2, -0.15) is 9.57 Å². The van der Waals surface area contributed by atoms with Crippen molar-refractivity contribution in [3.8, 4) is 6.07 Å². The van der Waals surface area contributed by atoms with E-state index in [0.717, 1.165) is 10.4 Å². The summed E-state index contributed by atoms with van der Waals surface area (Å²) in [6.45, 7) is 5.68. The standard InChI is InChI=1S/C27H25Cl2F2N3O2S/c1-26(2,3)13-17-15-34(37(35,36)19-6-5-11-33-14-19)25(20-7-4-8-22(29)24(20)31)27(17,16-32)21-10-9-18(28)12-23(21)30/h4-12,14,17,25H,13,15H2,1-3H3. The number of rotatable bonds is 5. The molecule has 0 N–H and O–H groups in total. The van der Waals surface area contributed by atoms with Crippen LogP contribution < -0.4 is 0 Å². The van der Waals surface area contributed by atoms with Crippen LogP contribution in [0.15, 0.2) is 65.8 Å². The zero-order valence-electron chi connectivity index (χ0n) is 20.4. The average Bonchev–Trinajstić information content (AvgIpc) is 3.15. The quantitative estimate of drug-likeness (QED) is 0.337. The van der Waals surface area contributed by atoms with Gasteiger partial charge in [0, 0.05) is 35.1 Å². The second-order valence-electron chi connectivity index (χ2n) is 10.4. The molecule has 0 bridgehead atoms. The maximum atomic E-state index is 15.7. The monoisotopic (exact) mass is 563 g/mol. The van der Waals surface area contributed by atoms with E-state index in [2.05, 4.69) is 11.1 Å². The second kappa shape index (κ2) is 9.95. The maximum absolute atomic E-state index is 15.7. The summed E-state index contributed by atoms with van der Waals surface area (Å²) in [4.78, 5) is 3.81. The van der Waals surface area contributed by atoms with Crippen LogP contribution in [0.25, 0.3) is 0 Å². The molecule has 37 heavy (non-hydrogen) atoms. The van der Waals surface area contributed by atoms with Crippen molar-refractivity contribution in [1.29, 1.82) is 5.26 Å². The second-order valence-corrected chi connectivity index (χ2v) is 13.1. The van der Waals surface area contributed by atoms with E-state index in [1.165, 1.54) is 54.9 Å². The Bertz CT molecular complexity index is 1470. The molecule has 4 rings (SSSR count). The molecule has 2 heterocycles. The van der Waals surface area contributed by atoms with Crippen molar-refractivity contribution >= 4 is 33.2 Å². The SMILES string of the molecule is CC(C)(C)CC1CN(S(=O)(=O)c2cccnc2)C(c2cccc(Cl)c2F)C1(C#N)c1ccc(Cl)cc1F. The first kappa shape index (κ1) is 27.5. The van der Waals surface area contributed by atoms with E-state index in [4.69, 9.17) is 23.2 Å². The van der Waals surface area contributed by atoms with E-state index in [-0.39, 0.29) is 38.0 Å². The number of nitriles is 1. The van der Waals surface area contributed by atoms with Crippen LogP contribution in [0, 0.1) is 34.3 Å². The molecule has 3 unspecified atom stereocenters. The average molecular weight is 564 g/mol. The van der Waals surface area contributed by atoms with Gasteiger partial charge in [-0.25, -0.2) is 17.2 Å². The molecule has 1 saturated heterocycles. The number of aromatic nitrogens is 1. The van der Waals surface area contributed by atoms with Gasteiger partial charge in [0.05, 0.1) is 17.1 Å². The summed E-state index contributed by atoms with van der Waals surface area (Å²) in [6.07, 6.45) is 2.97. The number of benzene rings is 2. The lowest BCUT2D eigenvalue weighted by molar-refractivity contribution is 0.245. The van der Waals surface area contributed by atoms with E-state index in [1.54, 1.807) is 0 Å². The van der Waals surface area contributed by atoms with Crippen molar-refractivity contribution < 1.29 is 17.2 Å². The van der Waals surface area contributed by atoms with Gasteiger partial charge in [0.15, 0.2) is 0 Å². The van der Waals surface area contributed by atoms with Crippen LogP contribution in [0.3, 0.4) is 0 Å². The van der Waals surface area contributed by atoms with Gasteiger partial charge in [0.2, 0.25) is 10.0 Å². The Morgan fingerprint density at radius 2 is 1.89 bits per heavy atom. The minimum Gasteiger partial charge on any atom is -0.263 e. The Balaban J connectivity index is 2.10. The molecule has 0 amide bonds. The first-order valence-corrected chi connectivity index (χ1v) is 13.7. The zero-order chi connectivity index (χ0) is 27.2. The molecule has 0 radical (unpaired) electrons. The highest BCUT2D eigenvalue weighted by molar-refractivity contribution is 7.89. The van der Waals surface area contributed by atoms with E-state index in [9.17, 15) is 13.7 Å². The molecule has 194 valence electrons. The first-order valence-electron chi connectivity index (χ1n) is 11.6. The van der Waals surface area contributed by atoms with E-state index < -0.39 is 39.0 Å². The summed E-state index contributed by atoms with van der Waals surface area (Å²) in [5.74, 6) is -2.35. The van der Waals surface area contributed by atoms with Gasteiger partial charge in [-0.15, -0.1) is 0 Å². The summed E-state index contributed by atoms with van der Waals surface area (Å²) >= 11 is 12.1. The Morgan fingerprint density at radius 3 is 2.49 bits per heavy atom. The molecule has 10 heteroatoms. The number of pyridine rings is 1. The van der Waals surface area contributed by atoms with Crippen LogP contribution in [0.1, 0.15) is 44.4 Å². The predicted octanol–water partition coefficient (Wildman–Crippen LogP) is 6.93.